The van der Waals surface area contributed by atoms with Crippen molar-refractivity contribution in [1.29, 1.82) is 5.26 Å². The van der Waals surface area contributed by atoms with Gasteiger partial charge in [0.25, 0.3) is 5.91 Å². The molecule has 2 fully saturated rings. The van der Waals surface area contributed by atoms with E-state index in [2.05, 4.69) is 4.99 Å². The van der Waals surface area contributed by atoms with Gasteiger partial charge in [0.1, 0.15) is 6.42 Å². The first-order valence-electron chi connectivity index (χ1n) is 6.80. The molecule has 2 heterocycles. The fourth-order valence-electron chi connectivity index (χ4n) is 2.71. The van der Waals surface area contributed by atoms with Crippen LogP contribution in [0.25, 0.3) is 0 Å². The zero-order valence-electron chi connectivity index (χ0n) is 11.8. The number of carbonyl (C=O) groups excluding carboxylic acids is 1. The zero-order valence-corrected chi connectivity index (χ0v) is 14.2. The van der Waals surface area contributed by atoms with Gasteiger partial charge in [0.2, 0.25) is 0 Å². The molecule has 3 rings (SSSR count). The predicted octanol–water partition coefficient (Wildman–Crippen LogP) is 1.86. The molecule has 0 unspecified atom stereocenters. The van der Waals surface area contributed by atoms with Crippen molar-refractivity contribution in [2.24, 2.45) is 4.99 Å². The van der Waals surface area contributed by atoms with Crippen molar-refractivity contribution in [3.8, 4) is 6.07 Å². The monoisotopic (exact) mass is 369 g/mol. The van der Waals surface area contributed by atoms with Crippen molar-refractivity contribution in [2.45, 2.75) is 17.7 Å². The van der Waals surface area contributed by atoms with E-state index >= 15 is 0 Å². The number of nitriles is 1. The third-order valence-corrected chi connectivity index (χ3v) is 7.16. The Morgan fingerprint density at radius 2 is 2.17 bits per heavy atom. The van der Waals surface area contributed by atoms with Gasteiger partial charge in [-0.25, -0.2) is 8.42 Å². The van der Waals surface area contributed by atoms with Crippen LogP contribution in [0.3, 0.4) is 0 Å². The summed E-state index contributed by atoms with van der Waals surface area (Å²) in [5.41, 5.74) is 0.620. The summed E-state index contributed by atoms with van der Waals surface area (Å²) in [7, 11) is -3.12. The van der Waals surface area contributed by atoms with Gasteiger partial charge in [0, 0.05) is 5.25 Å². The Labute approximate surface area is 143 Å². The molecule has 0 N–H and O–H groups in total. The van der Waals surface area contributed by atoms with Crippen molar-refractivity contribution < 1.29 is 13.2 Å². The first kappa shape index (κ1) is 16.3. The Kier molecular flexibility index (Phi) is 4.36. The smallest absolute Gasteiger partial charge is 0.262 e. The Bertz CT molecular complexity index is 832. The average molecular weight is 370 g/mol. The summed E-state index contributed by atoms with van der Waals surface area (Å²) in [6.07, 6.45) is -0.311. The highest BCUT2D eigenvalue weighted by molar-refractivity contribution is 8.16. The number of benzene rings is 1. The molecule has 120 valence electrons. The van der Waals surface area contributed by atoms with Crippen LogP contribution in [-0.4, -0.2) is 42.3 Å². The van der Waals surface area contributed by atoms with Crippen LogP contribution in [0.4, 0.5) is 5.69 Å². The van der Waals surface area contributed by atoms with E-state index in [4.69, 9.17) is 16.9 Å². The van der Waals surface area contributed by atoms with E-state index in [0.717, 1.165) is 0 Å². The predicted molar refractivity (Wildman–Crippen MR) is 90.4 cm³/mol. The number of halogens is 1. The van der Waals surface area contributed by atoms with E-state index < -0.39 is 15.7 Å². The van der Waals surface area contributed by atoms with Gasteiger partial charge >= 0.3 is 0 Å². The lowest BCUT2D eigenvalue weighted by Gasteiger charge is -2.25. The minimum absolute atomic E-state index is 0.00134. The number of hydrogen-bond donors (Lipinski definition) is 0. The summed E-state index contributed by atoms with van der Waals surface area (Å²) in [4.78, 5) is 17.4. The highest BCUT2D eigenvalue weighted by Crippen LogP contribution is 2.42. The van der Waals surface area contributed by atoms with Crippen LogP contribution >= 0.6 is 23.4 Å². The molecule has 23 heavy (non-hydrogen) atoms. The van der Waals surface area contributed by atoms with Crippen LogP contribution in [0, 0.1) is 11.3 Å². The molecule has 0 aromatic heterocycles. The van der Waals surface area contributed by atoms with E-state index in [9.17, 15) is 13.2 Å². The number of para-hydroxylation sites is 1. The minimum atomic E-state index is -3.12. The van der Waals surface area contributed by atoms with Gasteiger partial charge in [-0.15, -0.1) is 0 Å². The second kappa shape index (κ2) is 6.15. The maximum Gasteiger partial charge on any atom is 0.262 e. The van der Waals surface area contributed by atoms with Gasteiger partial charge in [0.15, 0.2) is 15.0 Å². The average Bonchev–Trinajstić information content (AvgIpc) is 2.91. The number of anilines is 1. The maximum absolute atomic E-state index is 11.9. The second-order valence-electron chi connectivity index (χ2n) is 5.24. The molecule has 0 saturated carbocycles. The molecule has 0 aliphatic carbocycles. The van der Waals surface area contributed by atoms with E-state index in [1.54, 1.807) is 35.2 Å². The molecule has 2 aliphatic heterocycles. The first-order valence-corrected chi connectivity index (χ1v) is 9.88. The molecule has 9 heteroatoms. The summed E-state index contributed by atoms with van der Waals surface area (Å²) >= 11 is 7.49. The minimum Gasteiger partial charge on any atom is -0.314 e. The molecule has 6 nitrogen and oxygen atoms in total. The summed E-state index contributed by atoms with van der Waals surface area (Å²) in [6, 6.07) is 8.49. The van der Waals surface area contributed by atoms with Crippen molar-refractivity contribution in [1.82, 2.24) is 0 Å². The number of rotatable bonds is 2. The molecule has 2 aliphatic rings. The number of aliphatic imine (C=N–C) groups is 1. The number of fused-ring (bicyclic) bond motifs is 1. The van der Waals surface area contributed by atoms with Gasteiger partial charge in [-0.2, -0.15) is 10.3 Å². The van der Waals surface area contributed by atoms with E-state index in [1.165, 1.54) is 11.8 Å². The molecule has 2 atom stereocenters. The standard InChI is InChI=1S/C14H12ClN3O3S2/c15-9-3-1-2-4-10(9)18-11-7-23(20,21)8-12(11)22-14(18)17-13(19)5-6-16/h1-4,11-12H,5,7-8H2/t11-,12-/m0/s1. The van der Waals surface area contributed by atoms with Crippen LogP contribution in [0.1, 0.15) is 6.42 Å². The van der Waals surface area contributed by atoms with Gasteiger partial charge < -0.3 is 4.90 Å². The Morgan fingerprint density at radius 3 is 2.87 bits per heavy atom. The van der Waals surface area contributed by atoms with Crippen LogP contribution in [0.2, 0.25) is 5.02 Å². The van der Waals surface area contributed by atoms with Crippen molar-refractivity contribution in [2.75, 3.05) is 16.4 Å². The van der Waals surface area contributed by atoms with Crippen LogP contribution in [-0.2, 0) is 14.6 Å². The lowest BCUT2D eigenvalue weighted by molar-refractivity contribution is -0.116. The number of amidine groups is 1. The lowest BCUT2D eigenvalue weighted by Crippen LogP contribution is -2.37. The number of nitrogens with zero attached hydrogens (tertiary/aromatic N) is 3. The van der Waals surface area contributed by atoms with Crippen LogP contribution < -0.4 is 4.90 Å². The Morgan fingerprint density at radius 1 is 1.43 bits per heavy atom. The molecule has 0 radical (unpaired) electrons. The summed E-state index contributed by atoms with van der Waals surface area (Å²) in [6.45, 7) is 0. The molecule has 1 amide bonds. The fourth-order valence-corrected chi connectivity index (χ4v) is 6.86. The van der Waals surface area contributed by atoms with Crippen molar-refractivity contribution in [3.63, 3.8) is 0 Å². The third-order valence-electron chi connectivity index (χ3n) is 3.63. The van der Waals surface area contributed by atoms with Crippen LogP contribution in [0.5, 0.6) is 0 Å². The molecular weight excluding hydrogens is 358 g/mol. The number of thioether (sulfide) groups is 1. The summed E-state index contributed by atoms with van der Waals surface area (Å²) < 4.78 is 23.8. The van der Waals surface area contributed by atoms with E-state index in [1.807, 2.05) is 0 Å². The summed E-state index contributed by atoms with van der Waals surface area (Å²) in [5.74, 6) is -0.495. The highest BCUT2D eigenvalue weighted by atomic mass is 35.5. The molecule has 1 aromatic rings. The molecule has 2 saturated heterocycles. The summed E-state index contributed by atoms with van der Waals surface area (Å²) in [5, 5.41) is 9.28. The number of sulfone groups is 1. The number of carbonyl (C=O) groups is 1. The largest absolute Gasteiger partial charge is 0.314 e. The molecule has 1 aromatic carbocycles. The second-order valence-corrected chi connectivity index (χ2v) is 9.01. The molecular formula is C14H12ClN3O3S2. The van der Waals surface area contributed by atoms with E-state index in [-0.39, 0.29) is 29.2 Å². The fraction of sp³-hybridized carbons (Fsp3) is 0.357. The van der Waals surface area contributed by atoms with Crippen LogP contribution in [0.15, 0.2) is 29.3 Å². The number of hydrogen-bond acceptors (Lipinski definition) is 5. The van der Waals surface area contributed by atoms with Crippen molar-refractivity contribution in [3.05, 3.63) is 29.3 Å². The zero-order chi connectivity index (χ0) is 16.6. The first-order chi connectivity index (χ1) is 10.9. The molecule has 0 bridgehead atoms. The van der Waals surface area contributed by atoms with Gasteiger partial charge in [-0.05, 0) is 12.1 Å². The lowest BCUT2D eigenvalue weighted by atomic mass is 10.2. The van der Waals surface area contributed by atoms with E-state index in [0.29, 0.717) is 15.9 Å². The third kappa shape index (κ3) is 3.22. The van der Waals surface area contributed by atoms with Gasteiger partial charge in [-0.3, -0.25) is 4.79 Å². The Balaban J connectivity index is 2.03. The normalized spacial score (nSPS) is 27.0. The topological polar surface area (TPSA) is 90.6 Å². The SMILES string of the molecule is N#CCC(=O)N=C1S[C@H]2CS(=O)(=O)C[C@@H]2N1c1ccccc1Cl. The maximum atomic E-state index is 11.9. The molecule has 0 spiro atoms. The van der Waals surface area contributed by atoms with Gasteiger partial charge in [-0.1, -0.05) is 35.5 Å². The van der Waals surface area contributed by atoms with Gasteiger partial charge in [0.05, 0.1) is 34.3 Å². The quantitative estimate of drug-likeness (QED) is 0.790. The highest BCUT2D eigenvalue weighted by Gasteiger charge is 2.49. The van der Waals surface area contributed by atoms with Crippen molar-refractivity contribution >= 4 is 50.0 Å². The Hall–Kier alpha value is -1.56. The number of amides is 1.